The molecule has 7 rings (SSSR count). The zero-order valence-electron chi connectivity index (χ0n) is 20.9. The Bertz CT molecular complexity index is 1830. The maximum Gasteiger partial charge on any atom is 0.335 e. The summed E-state index contributed by atoms with van der Waals surface area (Å²) in [6.07, 6.45) is 0.408. The molecule has 4 amide bonds. The predicted molar refractivity (Wildman–Crippen MR) is 144 cm³/mol. The van der Waals surface area contributed by atoms with Crippen molar-refractivity contribution in [2.75, 3.05) is 9.80 Å². The van der Waals surface area contributed by atoms with Crippen LogP contribution >= 0.6 is 0 Å². The van der Waals surface area contributed by atoms with Crippen LogP contribution in [0.4, 0.5) is 11.4 Å². The number of hydrogen-bond acceptors (Lipinski definition) is 6. The van der Waals surface area contributed by atoms with Gasteiger partial charge in [0.2, 0.25) is 0 Å². The molecule has 1 aliphatic carbocycles. The number of carboxylic acids is 2. The van der Waals surface area contributed by atoms with Gasteiger partial charge in [0.1, 0.15) is 0 Å². The first-order valence-corrected chi connectivity index (χ1v) is 12.4. The smallest absolute Gasteiger partial charge is 0.335 e. The fourth-order valence-electron chi connectivity index (χ4n) is 5.68. The van der Waals surface area contributed by atoms with Gasteiger partial charge >= 0.3 is 11.9 Å². The molecule has 2 heterocycles. The molecule has 2 aliphatic heterocycles. The highest BCUT2D eigenvalue weighted by molar-refractivity contribution is 6.35. The highest BCUT2D eigenvalue weighted by Crippen LogP contribution is 2.42. The average molecular weight is 544 g/mol. The Kier molecular flexibility index (Phi) is 4.89. The van der Waals surface area contributed by atoms with Crippen molar-refractivity contribution in [1.82, 2.24) is 0 Å². The van der Waals surface area contributed by atoms with Crippen molar-refractivity contribution in [3.05, 3.63) is 117 Å². The topological polar surface area (TPSA) is 149 Å². The number of nitrogens with zero attached hydrogens (tertiary/aromatic N) is 2. The molecule has 0 radical (unpaired) electrons. The zero-order chi connectivity index (χ0) is 28.7. The van der Waals surface area contributed by atoms with E-state index in [1.54, 1.807) is 36.4 Å². The van der Waals surface area contributed by atoms with Crippen LogP contribution in [0.25, 0.3) is 11.1 Å². The standard InChI is InChI=1S/C31H16N2O8/c34-26-22-5-1-14(30(38)39)12-24(22)28(36)32(26)18-3-7-20-16(10-18)9-17-11-19(4-8-21(17)20)33-27(35)23-6-2-15(31(40)41)13-25(23)29(33)37/h1-8,10-13H,9H2,(H,38,39)(H,40,41). The number of anilines is 2. The van der Waals surface area contributed by atoms with E-state index in [1.165, 1.54) is 36.4 Å². The van der Waals surface area contributed by atoms with E-state index in [1.807, 2.05) is 0 Å². The number of aromatic carboxylic acids is 2. The minimum absolute atomic E-state index is 0.0275. The fraction of sp³-hybridized carbons (Fsp3) is 0.0323. The maximum absolute atomic E-state index is 13.1. The zero-order valence-corrected chi connectivity index (χ0v) is 20.9. The van der Waals surface area contributed by atoms with E-state index >= 15 is 0 Å². The number of carboxylic acid groups (broad SMARTS) is 2. The molecule has 0 bridgehead atoms. The van der Waals surface area contributed by atoms with Gasteiger partial charge in [-0.1, -0.05) is 12.1 Å². The van der Waals surface area contributed by atoms with Gasteiger partial charge in [0.15, 0.2) is 0 Å². The van der Waals surface area contributed by atoms with Crippen LogP contribution in [0.15, 0.2) is 72.8 Å². The van der Waals surface area contributed by atoms with E-state index in [0.717, 1.165) is 32.1 Å². The summed E-state index contributed by atoms with van der Waals surface area (Å²) >= 11 is 0. The summed E-state index contributed by atoms with van der Waals surface area (Å²) in [5.74, 6) is -4.71. The van der Waals surface area contributed by atoms with Gasteiger partial charge in [-0.25, -0.2) is 19.4 Å². The molecule has 10 heteroatoms. The molecule has 41 heavy (non-hydrogen) atoms. The third kappa shape index (κ3) is 3.37. The van der Waals surface area contributed by atoms with Crippen molar-refractivity contribution in [2.45, 2.75) is 6.42 Å². The Hall–Kier alpha value is -5.90. The van der Waals surface area contributed by atoms with Crippen molar-refractivity contribution < 1.29 is 39.0 Å². The summed E-state index contributed by atoms with van der Waals surface area (Å²) in [4.78, 5) is 77.1. The van der Waals surface area contributed by atoms with Gasteiger partial charge in [0.05, 0.1) is 44.8 Å². The molecule has 0 saturated carbocycles. The number of hydrogen-bond donors (Lipinski definition) is 2. The molecule has 4 aromatic rings. The molecule has 10 nitrogen and oxygen atoms in total. The molecule has 3 aliphatic rings. The number of benzene rings is 4. The molecule has 198 valence electrons. The van der Waals surface area contributed by atoms with E-state index in [4.69, 9.17) is 0 Å². The second kappa shape index (κ2) is 8.30. The van der Waals surface area contributed by atoms with Gasteiger partial charge in [0.25, 0.3) is 23.6 Å². The van der Waals surface area contributed by atoms with E-state index < -0.39 is 35.6 Å². The first-order valence-electron chi connectivity index (χ1n) is 12.4. The number of rotatable bonds is 4. The minimum Gasteiger partial charge on any atom is -0.478 e. The Morgan fingerprint density at radius 3 is 1.24 bits per heavy atom. The van der Waals surface area contributed by atoms with Crippen LogP contribution in [0.1, 0.15) is 73.3 Å². The summed E-state index contributed by atoms with van der Waals surface area (Å²) in [7, 11) is 0. The van der Waals surface area contributed by atoms with Gasteiger partial charge in [-0.05, 0) is 89.3 Å². The predicted octanol–water partition coefficient (Wildman–Crippen LogP) is 4.26. The Labute approximate surface area is 230 Å². The van der Waals surface area contributed by atoms with Crippen molar-refractivity contribution in [3.8, 4) is 11.1 Å². The van der Waals surface area contributed by atoms with Crippen LogP contribution in [0, 0.1) is 0 Å². The summed E-state index contributed by atoms with van der Waals surface area (Å²) < 4.78 is 0. The molecule has 0 atom stereocenters. The summed E-state index contributed by atoms with van der Waals surface area (Å²) in [6, 6.07) is 18.0. The largest absolute Gasteiger partial charge is 0.478 e. The lowest BCUT2D eigenvalue weighted by molar-refractivity contribution is 0.0686. The number of imide groups is 2. The maximum atomic E-state index is 13.1. The average Bonchev–Trinajstić information content (AvgIpc) is 3.54. The van der Waals surface area contributed by atoms with Crippen molar-refractivity contribution in [2.24, 2.45) is 0 Å². The van der Waals surface area contributed by atoms with Gasteiger partial charge in [-0.15, -0.1) is 0 Å². The van der Waals surface area contributed by atoms with Crippen LogP contribution in [0.2, 0.25) is 0 Å². The lowest BCUT2D eigenvalue weighted by atomic mass is 10.0. The lowest BCUT2D eigenvalue weighted by Gasteiger charge is -2.15. The van der Waals surface area contributed by atoms with Gasteiger partial charge in [-0.3, -0.25) is 19.2 Å². The monoisotopic (exact) mass is 544 g/mol. The molecule has 4 aromatic carbocycles. The minimum atomic E-state index is -1.20. The van der Waals surface area contributed by atoms with Crippen molar-refractivity contribution in [3.63, 3.8) is 0 Å². The summed E-state index contributed by atoms with van der Waals surface area (Å²) in [5.41, 5.74) is 4.21. The quantitative estimate of drug-likeness (QED) is 0.319. The molecule has 0 spiro atoms. The van der Waals surface area contributed by atoms with Crippen LogP contribution < -0.4 is 9.80 Å². The highest BCUT2D eigenvalue weighted by atomic mass is 16.4. The van der Waals surface area contributed by atoms with E-state index in [2.05, 4.69) is 0 Å². The molecule has 0 aromatic heterocycles. The highest BCUT2D eigenvalue weighted by Gasteiger charge is 2.39. The number of carbonyl (C=O) groups excluding carboxylic acids is 4. The number of carbonyl (C=O) groups is 6. The van der Waals surface area contributed by atoms with Crippen LogP contribution in [0.3, 0.4) is 0 Å². The Balaban J connectivity index is 1.19. The molecular weight excluding hydrogens is 528 g/mol. The SMILES string of the molecule is O=C(O)c1ccc2c(c1)C(=O)N(c1ccc3c(c1)Cc1cc(N4C(=O)c5ccc(C(=O)O)cc5C4=O)ccc1-3)C2=O. The van der Waals surface area contributed by atoms with Gasteiger partial charge in [-0.2, -0.15) is 0 Å². The molecule has 2 N–H and O–H groups in total. The number of fused-ring (bicyclic) bond motifs is 5. The Morgan fingerprint density at radius 1 is 0.488 bits per heavy atom. The third-order valence-electron chi connectivity index (χ3n) is 7.63. The van der Waals surface area contributed by atoms with Gasteiger partial charge < -0.3 is 10.2 Å². The Morgan fingerprint density at radius 2 is 0.854 bits per heavy atom. The molecular formula is C31H16N2O8. The van der Waals surface area contributed by atoms with E-state index in [9.17, 15) is 39.0 Å². The molecule has 0 saturated heterocycles. The molecule has 0 unspecified atom stereocenters. The first-order chi connectivity index (χ1) is 19.6. The normalized spacial score (nSPS) is 14.7. The first kappa shape index (κ1) is 24.2. The van der Waals surface area contributed by atoms with Crippen LogP contribution in [-0.4, -0.2) is 45.8 Å². The second-order valence-corrected chi connectivity index (χ2v) is 9.88. The van der Waals surface area contributed by atoms with Crippen molar-refractivity contribution >= 4 is 46.9 Å². The summed E-state index contributed by atoms with van der Waals surface area (Å²) in [6.45, 7) is 0. The lowest BCUT2D eigenvalue weighted by Crippen LogP contribution is -2.29. The van der Waals surface area contributed by atoms with Crippen LogP contribution in [-0.2, 0) is 6.42 Å². The van der Waals surface area contributed by atoms with Crippen molar-refractivity contribution in [1.29, 1.82) is 0 Å². The van der Waals surface area contributed by atoms with Gasteiger partial charge in [0, 0.05) is 0 Å². The van der Waals surface area contributed by atoms with Crippen LogP contribution in [0.5, 0.6) is 0 Å². The van der Waals surface area contributed by atoms with E-state index in [0.29, 0.717) is 17.8 Å². The number of amides is 4. The fourth-order valence-corrected chi connectivity index (χ4v) is 5.68. The summed E-state index contributed by atoms with van der Waals surface area (Å²) in [5, 5.41) is 18.5. The molecule has 0 fully saturated rings. The second-order valence-electron chi connectivity index (χ2n) is 9.88. The third-order valence-corrected chi connectivity index (χ3v) is 7.63. The van der Waals surface area contributed by atoms with E-state index in [-0.39, 0.29) is 33.4 Å².